The lowest BCUT2D eigenvalue weighted by atomic mass is 9.97. The van der Waals surface area contributed by atoms with Gasteiger partial charge in [0.25, 0.3) is 5.91 Å². The molecule has 1 aliphatic rings. The number of halogens is 1. The summed E-state index contributed by atoms with van der Waals surface area (Å²) in [4.78, 5) is 26.0. The van der Waals surface area contributed by atoms with Crippen molar-refractivity contribution in [2.24, 2.45) is 5.92 Å². The first-order chi connectivity index (χ1) is 11.4. The summed E-state index contributed by atoms with van der Waals surface area (Å²) in [7, 11) is 0. The van der Waals surface area contributed by atoms with Crippen LogP contribution in [0.1, 0.15) is 32.3 Å². The molecule has 0 spiro atoms. The molecule has 2 rings (SSSR count). The van der Waals surface area contributed by atoms with E-state index in [1.54, 1.807) is 30.9 Å². The predicted octanol–water partition coefficient (Wildman–Crippen LogP) is 3.22. The van der Waals surface area contributed by atoms with Crippen LogP contribution in [0.5, 0.6) is 5.75 Å². The molecule has 5 nitrogen and oxygen atoms in total. The number of ether oxygens (including phenoxy) is 2. The minimum atomic E-state index is -0.579. The van der Waals surface area contributed by atoms with Crippen LogP contribution in [-0.2, 0) is 14.3 Å². The number of amides is 1. The van der Waals surface area contributed by atoms with Crippen LogP contribution in [0.25, 0.3) is 0 Å². The van der Waals surface area contributed by atoms with E-state index in [4.69, 9.17) is 21.1 Å². The summed E-state index contributed by atoms with van der Waals surface area (Å²) in [5.41, 5.74) is 0.907. The number of nitrogens with zero attached hydrogens (tertiary/aromatic N) is 1. The standard InChI is InChI=1S/C18H24ClNO4/c1-4-23-18(22)14-7-9-20(10-8-14)17(21)13(3)24-15-5-6-16(19)12(2)11-15/h5-6,11,13-14H,4,7-10H2,1-3H3/t13-/m1/s1. The SMILES string of the molecule is CCOC(=O)C1CCN(C(=O)[C@@H](C)Oc2ccc(Cl)c(C)c2)CC1. The zero-order chi connectivity index (χ0) is 17.7. The molecular weight excluding hydrogens is 330 g/mol. The first-order valence-electron chi connectivity index (χ1n) is 8.30. The fourth-order valence-electron chi connectivity index (χ4n) is 2.80. The van der Waals surface area contributed by atoms with Crippen LogP contribution in [-0.4, -0.2) is 42.6 Å². The quantitative estimate of drug-likeness (QED) is 0.763. The number of piperidine rings is 1. The van der Waals surface area contributed by atoms with Crippen LogP contribution in [0, 0.1) is 12.8 Å². The molecule has 1 aromatic rings. The highest BCUT2D eigenvalue weighted by Gasteiger charge is 2.30. The van der Waals surface area contributed by atoms with Crippen molar-refractivity contribution in [1.82, 2.24) is 4.90 Å². The number of carbonyl (C=O) groups excluding carboxylic acids is 2. The number of carbonyl (C=O) groups is 2. The molecule has 0 bridgehead atoms. The minimum Gasteiger partial charge on any atom is -0.481 e. The highest BCUT2D eigenvalue weighted by atomic mass is 35.5. The molecule has 0 unspecified atom stereocenters. The molecule has 0 radical (unpaired) electrons. The molecule has 1 heterocycles. The van der Waals surface area contributed by atoms with Crippen molar-refractivity contribution in [1.29, 1.82) is 0 Å². The number of hydrogen-bond donors (Lipinski definition) is 0. The van der Waals surface area contributed by atoms with Gasteiger partial charge < -0.3 is 14.4 Å². The first-order valence-corrected chi connectivity index (χ1v) is 8.68. The predicted molar refractivity (Wildman–Crippen MR) is 92.2 cm³/mol. The molecule has 0 N–H and O–H groups in total. The van der Waals surface area contributed by atoms with E-state index in [-0.39, 0.29) is 17.8 Å². The van der Waals surface area contributed by atoms with Gasteiger partial charge in [-0.3, -0.25) is 9.59 Å². The summed E-state index contributed by atoms with van der Waals surface area (Å²) < 4.78 is 10.8. The van der Waals surface area contributed by atoms with E-state index in [9.17, 15) is 9.59 Å². The first kappa shape index (κ1) is 18.6. The van der Waals surface area contributed by atoms with Gasteiger partial charge in [0.15, 0.2) is 6.10 Å². The van der Waals surface area contributed by atoms with E-state index in [1.807, 2.05) is 13.0 Å². The fraction of sp³-hybridized carbons (Fsp3) is 0.556. The van der Waals surface area contributed by atoms with Crippen LogP contribution < -0.4 is 4.74 Å². The van der Waals surface area contributed by atoms with Crippen LogP contribution in [0.4, 0.5) is 0 Å². The maximum absolute atomic E-state index is 12.5. The molecule has 6 heteroatoms. The Kier molecular flexibility index (Phi) is 6.49. The van der Waals surface area contributed by atoms with Crippen molar-refractivity contribution >= 4 is 23.5 Å². The summed E-state index contributed by atoms with van der Waals surface area (Å²) in [5.74, 6) is 0.291. The Morgan fingerprint density at radius 3 is 2.58 bits per heavy atom. The topological polar surface area (TPSA) is 55.8 Å². The van der Waals surface area contributed by atoms with Gasteiger partial charge in [-0.2, -0.15) is 0 Å². The average molecular weight is 354 g/mol. The van der Waals surface area contributed by atoms with Crippen molar-refractivity contribution in [3.63, 3.8) is 0 Å². The van der Waals surface area contributed by atoms with Gasteiger partial charge in [0.05, 0.1) is 12.5 Å². The highest BCUT2D eigenvalue weighted by molar-refractivity contribution is 6.31. The van der Waals surface area contributed by atoms with Gasteiger partial charge >= 0.3 is 5.97 Å². The smallest absolute Gasteiger partial charge is 0.309 e. The van der Waals surface area contributed by atoms with E-state index < -0.39 is 6.10 Å². The second kappa shape index (κ2) is 8.38. The van der Waals surface area contributed by atoms with E-state index in [1.165, 1.54) is 0 Å². The number of hydrogen-bond acceptors (Lipinski definition) is 4. The largest absolute Gasteiger partial charge is 0.481 e. The van der Waals surface area contributed by atoms with Gasteiger partial charge in [0, 0.05) is 18.1 Å². The van der Waals surface area contributed by atoms with Crippen molar-refractivity contribution in [3.05, 3.63) is 28.8 Å². The third-order valence-corrected chi connectivity index (χ3v) is 4.64. The maximum atomic E-state index is 12.5. The highest BCUT2D eigenvalue weighted by Crippen LogP contribution is 2.23. The van der Waals surface area contributed by atoms with Gasteiger partial charge in [-0.15, -0.1) is 0 Å². The van der Waals surface area contributed by atoms with Crippen LogP contribution in [0.15, 0.2) is 18.2 Å². The monoisotopic (exact) mass is 353 g/mol. The Balaban J connectivity index is 1.87. The minimum absolute atomic E-state index is 0.0649. The summed E-state index contributed by atoms with van der Waals surface area (Å²) >= 11 is 5.99. The van der Waals surface area contributed by atoms with Crippen molar-refractivity contribution < 1.29 is 19.1 Å². The Morgan fingerprint density at radius 1 is 1.33 bits per heavy atom. The average Bonchev–Trinajstić information content (AvgIpc) is 2.58. The lowest BCUT2D eigenvalue weighted by Crippen LogP contribution is -2.45. The van der Waals surface area contributed by atoms with E-state index in [2.05, 4.69) is 0 Å². The molecule has 1 fully saturated rings. The van der Waals surface area contributed by atoms with E-state index in [0.29, 0.717) is 43.3 Å². The molecule has 0 saturated carbocycles. The molecular formula is C18H24ClNO4. The summed E-state index contributed by atoms with van der Waals surface area (Å²) in [5, 5.41) is 0.669. The molecule has 0 aliphatic carbocycles. The number of aryl methyl sites for hydroxylation is 1. The zero-order valence-electron chi connectivity index (χ0n) is 14.4. The molecule has 1 saturated heterocycles. The summed E-state index contributed by atoms with van der Waals surface area (Å²) in [6.07, 6.45) is 0.694. The molecule has 1 aromatic carbocycles. The number of benzene rings is 1. The molecule has 24 heavy (non-hydrogen) atoms. The second-order valence-corrected chi connectivity index (χ2v) is 6.43. The van der Waals surface area contributed by atoms with Gasteiger partial charge in [-0.1, -0.05) is 11.6 Å². The Labute approximate surface area is 147 Å². The van der Waals surface area contributed by atoms with Gasteiger partial charge in [0.2, 0.25) is 0 Å². The summed E-state index contributed by atoms with van der Waals surface area (Å²) in [6.45, 7) is 6.92. The van der Waals surface area contributed by atoms with Crippen LogP contribution >= 0.6 is 11.6 Å². The van der Waals surface area contributed by atoms with Gasteiger partial charge in [0.1, 0.15) is 5.75 Å². The van der Waals surface area contributed by atoms with Crippen molar-refractivity contribution in [2.75, 3.05) is 19.7 Å². The number of esters is 1. The molecule has 132 valence electrons. The van der Waals surface area contributed by atoms with Gasteiger partial charge in [-0.05, 0) is 57.4 Å². The maximum Gasteiger partial charge on any atom is 0.309 e. The molecule has 1 aliphatic heterocycles. The van der Waals surface area contributed by atoms with E-state index >= 15 is 0 Å². The third kappa shape index (κ3) is 4.63. The number of rotatable bonds is 5. The van der Waals surface area contributed by atoms with Crippen LogP contribution in [0.2, 0.25) is 5.02 Å². The lowest BCUT2D eigenvalue weighted by molar-refractivity contribution is -0.152. The second-order valence-electron chi connectivity index (χ2n) is 6.02. The van der Waals surface area contributed by atoms with Crippen molar-refractivity contribution in [2.45, 2.75) is 39.7 Å². The Hall–Kier alpha value is -1.75. The summed E-state index contributed by atoms with van der Waals surface area (Å²) in [6, 6.07) is 5.33. The molecule has 1 atom stereocenters. The van der Waals surface area contributed by atoms with Gasteiger partial charge in [-0.25, -0.2) is 0 Å². The van der Waals surface area contributed by atoms with E-state index in [0.717, 1.165) is 5.56 Å². The van der Waals surface area contributed by atoms with Crippen molar-refractivity contribution in [3.8, 4) is 5.75 Å². The molecule has 0 aromatic heterocycles. The Bertz CT molecular complexity index is 597. The normalized spacial score (nSPS) is 16.6. The van der Waals surface area contributed by atoms with Crippen LogP contribution in [0.3, 0.4) is 0 Å². The molecule has 1 amide bonds. The Morgan fingerprint density at radius 2 is 2.00 bits per heavy atom. The lowest BCUT2D eigenvalue weighted by Gasteiger charge is -2.32. The zero-order valence-corrected chi connectivity index (χ0v) is 15.1. The number of likely N-dealkylation sites (tertiary alicyclic amines) is 1. The fourth-order valence-corrected chi connectivity index (χ4v) is 2.92. The third-order valence-electron chi connectivity index (χ3n) is 4.22.